The first kappa shape index (κ1) is 14.8. The van der Waals surface area contributed by atoms with Crippen molar-refractivity contribution >= 4 is 21.6 Å². The number of benzene rings is 1. The number of sulfonamides is 1. The molecule has 20 heavy (non-hydrogen) atoms. The van der Waals surface area contributed by atoms with Gasteiger partial charge in [0.25, 0.3) is 5.91 Å². The van der Waals surface area contributed by atoms with E-state index in [4.69, 9.17) is 9.84 Å². The van der Waals surface area contributed by atoms with Crippen LogP contribution in [0, 0.1) is 0 Å². The molecule has 0 bridgehead atoms. The molecule has 8 heteroatoms. The topological polar surface area (TPSA) is 105 Å². The van der Waals surface area contributed by atoms with Crippen molar-refractivity contribution < 1.29 is 23.1 Å². The van der Waals surface area contributed by atoms with Crippen LogP contribution in [0.1, 0.15) is 13.8 Å². The number of ether oxygens (including phenoxy) is 1. The van der Waals surface area contributed by atoms with Crippen LogP contribution < -0.4 is 14.8 Å². The zero-order valence-corrected chi connectivity index (χ0v) is 12.0. The maximum Gasteiger partial charge on any atom is 0.268 e. The van der Waals surface area contributed by atoms with Crippen molar-refractivity contribution in [2.75, 3.05) is 18.5 Å². The minimum Gasteiger partial charge on any atom is -0.476 e. The summed E-state index contributed by atoms with van der Waals surface area (Å²) < 4.78 is 31.6. The number of carbonyl (C=O) groups is 1. The second-order valence-corrected chi connectivity index (χ2v) is 6.61. The number of hydrogen-bond donors (Lipinski definition) is 3. The Morgan fingerprint density at radius 1 is 1.40 bits per heavy atom. The Bertz CT molecular complexity index is 639. The highest BCUT2D eigenvalue weighted by Crippen LogP contribution is 2.34. The Morgan fingerprint density at radius 3 is 2.75 bits per heavy atom. The lowest BCUT2D eigenvalue weighted by Crippen LogP contribution is -2.45. The molecule has 0 unspecified atom stereocenters. The molecule has 1 aliphatic rings. The molecule has 3 N–H and O–H groups in total. The van der Waals surface area contributed by atoms with Gasteiger partial charge in [0, 0.05) is 6.54 Å². The largest absolute Gasteiger partial charge is 0.476 e. The summed E-state index contributed by atoms with van der Waals surface area (Å²) in [6.45, 7) is 2.88. The van der Waals surface area contributed by atoms with Gasteiger partial charge in [0.15, 0.2) is 5.60 Å². The van der Waals surface area contributed by atoms with Gasteiger partial charge in [-0.15, -0.1) is 0 Å². The van der Waals surface area contributed by atoms with Crippen LogP contribution in [0.3, 0.4) is 0 Å². The lowest BCUT2D eigenvalue weighted by molar-refractivity contribution is -0.129. The Balaban J connectivity index is 2.34. The van der Waals surface area contributed by atoms with E-state index in [0.717, 1.165) is 0 Å². The van der Waals surface area contributed by atoms with Crippen molar-refractivity contribution in [3.63, 3.8) is 0 Å². The Hall–Kier alpha value is -1.64. The molecular formula is C12H16N2O5S. The number of carbonyl (C=O) groups excluding carboxylic acids is 1. The van der Waals surface area contributed by atoms with Crippen LogP contribution in [-0.4, -0.2) is 38.2 Å². The van der Waals surface area contributed by atoms with Gasteiger partial charge in [0.1, 0.15) is 5.75 Å². The van der Waals surface area contributed by atoms with Gasteiger partial charge in [-0.3, -0.25) is 4.79 Å². The second-order valence-electron chi connectivity index (χ2n) is 4.85. The van der Waals surface area contributed by atoms with Gasteiger partial charge in [-0.25, -0.2) is 13.1 Å². The van der Waals surface area contributed by atoms with Crippen LogP contribution in [0.2, 0.25) is 0 Å². The maximum absolute atomic E-state index is 11.9. The van der Waals surface area contributed by atoms with Crippen molar-refractivity contribution in [3.8, 4) is 5.75 Å². The standard InChI is InChI=1S/C12H16N2O5S/c1-12(2)11(16)14-9-7-8(3-4-10(9)19-12)20(17,18)13-5-6-15/h3-4,7,13,15H,5-6H2,1-2H3,(H,14,16). The van der Waals surface area contributed by atoms with E-state index in [1.807, 2.05) is 0 Å². The molecule has 0 atom stereocenters. The summed E-state index contributed by atoms with van der Waals surface area (Å²) >= 11 is 0. The number of hydrogen-bond acceptors (Lipinski definition) is 5. The van der Waals surface area contributed by atoms with Crippen LogP contribution in [-0.2, 0) is 14.8 Å². The molecule has 1 aromatic carbocycles. The van der Waals surface area contributed by atoms with E-state index in [2.05, 4.69) is 10.0 Å². The molecule has 1 aliphatic heterocycles. The van der Waals surface area contributed by atoms with E-state index in [1.54, 1.807) is 13.8 Å². The predicted octanol–water partition coefficient (Wildman–Crippen LogP) is 0.0667. The number of anilines is 1. The summed E-state index contributed by atoms with van der Waals surface area (Å²) in [5.41, 5.74) is -0.691. The van der Waals surface area contributed by atoms with Crippen LogP contribution in [0.25, 0.3) is 0 Å². The Kier molecular flexibility index (Phi) is 3.72. The van der Waals surface area contributed by atoms with Crippen molar-refractivity contribution in [1.29, 1.82) is 0 Å². The molecule has 2 rings (SSSR count). The minimum absolute atomic E-state index is 0.00620. The van der Waals surface area contributed by atoms with Gasteiger partial charge in [0.05, 0.1) is 17.2 Å². The summed E-state index contributed by atoms with van der Waals surface area (Å²) in [7, 11) is -3.72. The molecule has 0 saturated carbocycles. The molecule has 1 aromatic rings. The SMILES string of the molecule is CC1(C)Oc2ccc(S(=O)(=O)NCCO)cc2NC1=O. The number of nitrogens with one attached hydrogen (secondary N) is 2. The smallest absolute Gasteiger partial charge is 0.268 e. The van der Waals surface area contributed by atoms with E-state index in [1.165, 1.54) is 18.2 Å². The molecule has 110 valence electrons. The highest BCUT2D eigenvalue weighted by Gasteiger charge is 2.35. The second kappa shape index (κ2) is 5.04. The molecule has 7 nitrogen and oxygen atoms in total. The van der Waals surface area contributed by atoms with Crippen molar-refractivity contribution in [2.45, 2.75) is 24.3 Å². The van der Waals surface area contributed by atoms with Gasteiger partial charge in [0.2, 0.25) is 10.0 Å². The highest BCUT2D eigenvalue weighted by atomic mass is 32.2. The molecule has 1 amide bonds. The minimum atomic E-state index is -3.72. The number of amides is 1. The normalized spacial score (nSPS) is 17.1. The van der Waals surface area contributed by atoms with E-state index in [9.17, 15) is 13.2 Å². The third-order valence-electron chi connectivity index (χ3n) is 2.83. The van der Waals surface area contributed by atoms with Crippen LogP contribution in [0.4, 0.5) is 5.69 Å². The van der Waals surface area contributed by atoms with Crippen molar-refractivity contribution in [2.24, 2.45) is 0 Å². The average molecular weight is 300 g/mol. The van der Waals surface area contributed by atoms with Crippen LogP contribution >= 0.6 is 0 Å². The maximum atomic E-state index is 11.9. The summed E-state index contributed by atoms with van der Waals surface area (Å²) in [6.07, 6.45) is 0. The zero-order chi connectivity index (χ0) is 15.0. The average Bonchev–Trinajstić information content (AvgIpc) is 2.37. The lowest BCUT2D eigenvalue weighted by Gasteiger charge is -2.31. The van der Waals surface area contributed by atoms with Gasteiger partial charge >= 0.3 is 0 Å². The van der Waals surface area contributed by atoms with Gasteiger partial charge in [-0.05, 0) is 32.0 Å². The predicted molar refractivity (Wildman–Crippen MR) is 72.1 cm³/mol. The number of rotatable bonds is 4. The number of fused-ring (bicyclic) bond motifs is 1. The molecule has 0 aliphatic carbocycles. The molecule has 0 fully saturated rings. The van der Waals surface area contributed by atoms with Crippen molar-refractivity contribution in [1.82, 2.24) is 4.72 Å². The third kappa shape index (κ3) is 2.77. The van der Waals surface area contributed by atoms with E-state index in [0.29, 0.717) is 11.4 Å². The zero-order valence-electron chi connectivity index (χ0n) is 11.1. The Labute approximate surface area is 117 Å². The first-order chi connectivity index (χ1) is 9.26. The van der Waals surface area contributed by atoms with E-state index < -0.39 is 15.6 Å². The number of aliphatic hydroxyl groups excluding tert-OH is 1. The fraction of sp³-hybridized carbons (Fsp3) is 0.417. The molecule has 0 spiro atoms. The van der Waals surface area contributed by atoms with Gasteiger partial charge in [-0.1, -0.05) is 0 Å². The van der Waals surface area contributed by atoms with Crippen LogP contribution in [0.5, 0.6) is 5.75 Å². The van der Waals surface area contributed by atoms with Gasteiger partial charge < -0.3 is 15.2 Å². The molecular weight excluding hydrogens is 284 g/mol. The summed E-state index contributed by atoms with van der Waals surface area (Å²) in [5.74, 6) is 0.0681. The van der Waals surface area contributed by atoms with Gasteiger partial charge in [-0.2, -0.15) is 0 Å². The highest BCUT2D eigenvalue weighted by molar-refractivity contribution is 7.89. The number of aliphatic hydroxyl groups is 1. The third-order valence-corrected chi connectivity index (χ3v) is 4.28. The summed E-state index contributed by atoms with van der Waals surface area (Å²) in [6, 6.07) is 4.19. The first-order valence-corrected chi connectivity index (χ1v) is 7.49. The van der Waals surface area contributed by atoms with Crippen LogP contribution in [0.15, 0.2) is 23.1 Å². The lowest BCUT2D eigenvalue weighted by atomic mass is 10.1. The molecule has 0 radical (unpaired) electrons. The molecule has 1 heterocycles. The van der Waals surface area contributed by atoms with Crippen molar-refractivity contribution in [3.05, 3.63) is 18.2 Å². The molecule has 0 aromatic heterocycles. The fourth-order valence-electron chi connectivity index (χ4n) is 1.72. The first-order valence-electron chi connectivity index (χ1n) is 6.01. The summed E-state index contributed by atoms with van der Waals surface area (Å²) in [4.78, 5) is 11.8. The van der Waals surface area contributed by atoms with E-state index in [-0.39, 0.29) is 24.0 Å². The monoisotopic (exact) mass is 300 g/mol. The summed E-state index contributed by atoms with van der Waals surface area (Å²) in [5, 5.41) is 11.3. The van der Waals surface area contributed by atoms with E-state index >= 15 is 0 Å². The molecule has 0 saturated heterocycles. The fourth-order valence-corrected chi connectivity index (χ4v) is 2.77. The quantitative estimate of drug-likeness (QED) is 0.729. The Morgan fingerprint density at radius 2 is 2.10 bits per heavy atom.